The number of methoxy groups -OCH3 is 2. The molecular weight excluding hydrogens is 290 g/mol. The van der Waals surface area contributed by atoms with Gasteiger partial charge in [-0.2, -0.15) is 0 Å². The van der Waals surface area contributed by atoms with Gasteiger partial charge in [-0.05, 0) is 44.0 Å². The van der Waals surface area contributed by atoms with E-state index in [1.807, 2.05) is 6.92 Å². The number of carbonyl (C=O) groups is 1. The highest BCUT2D eigenvalue weighted by atomic mass is 16.5. The van der Waals surface area contributed by atoms with Crippen LogP contribution in [0.25, 0.3) is 0 Å². The van der Waals surface area contributed by atoms with E-state index < -0.39 is 0 Å². The van der Waals surface area contributed by atoms with E-state index in [4.69, 9.17) is 9.47 Å². The summed E-state index contributed by atoms with van der Waals surface area (Å²) in [5.41, 5.74) is 3.93. The summed E-state index contributed by atoms with van der Waals surface area (Å²) < 4.78 is 10.6. The van der Waals surface area contributed by atoms with E-state index in [1.54, 1.807) is 25.3 Å². The number of amides is 1. The van der Waals surface area contributed by atoms with Gasteiger partial charge in [0.15, 0.2) is 11.5 Å². The van der Waals surface area contributed by atoms with Crippen molar-refractivity contribution in [1.82, 2.24) is 5.32 Å². The van der Waals surface area contributed by atoms with E-state index >= 15 is 0 Å². The highest BCUT2D eigenvalue weighted by molar-refractivity contribution is 5.98. The van der Waals surface area contributed by atoms with Crippen LogP contribution in [-0.4, -0.2) is 20.1 Å². The van der Waals surface area contributed by atoms with Crippen LogP contribution in [-0.2, 0) is 0 Å². The summed E-state index contributed by atoms with van der Waals surface area (Å²) in [4.78, 5) is 12.6. The Morgan fingerprint density at radius 2 is 1.83 bits per heavy atom. The quantitative estimate of drug-likeness (QED) is 0.913. The molecule has 0 bridgehead atoms. The molecule has 2 aromatic rings. The number of aryl methyl sites for hydroxylation is 2. The maximum Gasteiger partial charge on any atom is 0.255 e. The summed E-state index contributed by atoms with van der Waals surface area (Å²) in [5.74, 6) is 0.799. The van der Waals surface area contributed by atoms with Crippen LogP contribution in [0.2, 0.25) is 0 Å². The van der Waals surface area contributed by atoms with Gasteiger partial charge in [0, 0.05) is 0 Å². The van der Waals surface area contributed by atoms with E-state index in [-0.39, 0.29) is 11.9 Å². The fraction of sp³-hybridized carbons (Fsp3) is 0.316. The number of ether oxygens (including phenoxy) is 2. The summed E-state index contributed by atoms with van der Waals surface area (Å²) in [6, 6.07) is 11.4. The summed E-state index contributed by atoms with van der Waals surface area (Å²) in [7, 11) is 3.08. The normalized spacial score (nSPS) is 11.7. The highest BCUT2D eigenvalue weighted by Crippen LogP contribution is 2.31. The third kappa shape index (κ3) is 3.65. The Hall–Kier alpha value is -2.49. The third-order valence-electron chi connectivity index (χ3n) is 3.89. The number of carbonyl (C=O) groups excluding carboxylic acids is 1. The zero-order chi connectivity index (χ0) is 17.0. The molecule has 122 valence electrons. The minimum Gasteiger partial charge on any atom is -0.493 e. The molecular formula is C19H23NO3. The van der Waals surface area contributed by atoms with Gasteiger partial charge in [-0.15, -0.1) is 0 Å². The largest absolute Gasteiger partial charge is 0.493 e. The summed E-state index contributed by atoms with van der Waals surface area (Å²) in [5, 5.41) is 3.02. The minimum atomic E-state index is -0.187. The maximum absolute atomic E-state index is 12.6. The van der Waals surface area contributed by atoms with Crippen molar-refractivity contribution in [3.8, 4) is 11.5 Å². The number of para-hydroxylation sites is 1. The lowest BCUT2D eigenvalue weighted by molar-refractivity contribution is 0.0936. The Kier molecular flexibility index (Phi) is 5.27. The predicted octanol–water partition coefficient (Wildman–Crippen LogP) is 3.81. The van der Waals surface area contributed by atoms with E-state index in [0.29, 0.717) is 17.1 Å². The molecule has 2 rings (SSSR count). The molecule has 0 fully saturated rings. The standard InChI is InChI=1S/C19H23NO3/c1-12-9-10-15(13(2)11-12)14(3)20-19(21)16-7-6-8-17(22-4)18(16)23-5/h6-11,14H,1-5H3,(H,20,21). The zero-order valence-electron chi connectivity index (χ0n) is 14.3. The topological polar surface area (TPSA) is 47.6 Å². The van der Waals surface area contributed by atoms with Gasteiger partial charge in [-0.1, -0.05) is 29.8 Å². The van der Waals surface area contributed by atoms with Crippen molar-refractivity contribution in [1.29, 1.82) is 0 Å². The number of benzene rings is 2. The molecule has 0 saturated carbocycles. The predicted molar refractivity (Wildman–Crippen MR) is 91.3 cm³/mol. The molecule has 2 aromatic carbocycles. The molecule has 1 amide bonds. The van der Waals surface area contributed by atoms with Crippen LogP contribution in [0.5, 0.6) is 11.5 Å². The molecule has 0 radical (unpaired) electrons. The molecule has 4 nitrogen and oxygen atoms in total. The lowest BCUT2D eigenvalue weighted by atomic mass is 10.00. The van der Waals surface area contributed by atoms with Crippen molar-refractivity contribution in [2.75, 3.05) is 14.2 Å². The molecule has 0 aliphatic carbocycles. The van der Waals surface area contributed by atoms with Crippen molar-refractivity contribution in [3.63, 3.8) is 0 Å². The van der Waals surface area contributed by atoms with Crippen molar-refractivity contribution in [2.45, 2.75) is 26.8 Å². The monoisotopic (exact) mass is 313 g/mol. The second-order valence-corrected chi connectivity index (χ2v) is 5.60. The van der Waals surface area contributed by atoms with E-state index in [2.05, 4.69) is 37.4 Å². The second-order valence-electron chi connectivity index (χ2n) is 5.60. The molecule has 1 N–H and O–H groups in total. The van der Waals surface area contributed by atoms with Crippen LogP contribution in [0.3, 0.4) is 0 Å². The molecule has 0 spiro atoms. The zero-order valence-corrected chi connectivity index (χ0v) is 14.3. The second kappa shape index (κ2) is 7.18. The van der Waals surface area contributed by atoms with Gasteiger partial charge in [-0.3, -0.25) is 4.79 Å². The number of nitrogens with one attached hydrogen (secondary N) is 1. The Labute approximate surface area is 137 Å². The van der Waals surface area contributed by atoms with Gasteiger partial charge >= 0.3 is 0 Å². The van der Waals surface area contributed by atoms with E-state index in [1.165, 1.54) is 12.7 Å². The van der Waals surface area contributed by atoms with Crippen LogP contribution >= 0.6 is 0 Å². The lowest BCUT2D eigenvalue weighted by Gasteiger charge is -2.18. The Bertz CT molecular complexity index is 710. The Morgan fingerprint density at radius 1 is 1.09 bits per heavy atom. The molecule has 0 aliphatic rings. The molecule has 23 heavy (non-hydrogen) atoms. The first-order valence-corrected chi connectivity index (χ1v) is 7.57. The highest BCUT2D eigenvalue weighted by Gasteiger charge is 2.19. The fourth-order valence-corrected chi connectivity index (χ4v) is 2.73. The minimum absolute atomic E-state index is 0.0981. The molecule has 0 saturated heterocycles. The molecule has 0 aliphatic heterocycles. The van der Waals surface area contributed by atoms with Crippen LogP contribution in [0.4, 0.5) is 0 Å². The Morgan fingerprint density at radius 3 is 2.43 bits per heavy atom. The lowest BCUT2D eigenvalue weighted by Crippen LogP contribution is -2.27. The maximum atomic E-state index is 12.6. The first-order valence-electron chi connectivity index (χ1n) is 7.57. The van der Waals surface area contributed by atoms with E-state index in [0.717, 1.165) is 11.1 Å². The smallest absolute Gasteiger partial charge is 0.255 e. The van der Waals surface area contributed by atoms with Gasteiger partial charge in [0.1, 0.15) is 0 Å². The van der Waals surface area contributed by atoms with Gasteiger partial charge in [0.25, 0.3) is 5.91 Å². The molecule has 1 unspecified atom stereocenters. The first kappa shape index (κ1) is 16.9. The first-order chi connectivity index (χ1) is 11.0. The molecule has 4 heteroatoms. The molecule has 0 heterocycles. The SMILES string of the molecule is COc1cccc(C(=O)NC(C)c2ccc(C)cc2C)c1OC. The third-order valence-corrected chi connectivity index (χ3v) is 3.89. The number of hydrogen-bond donors (Lipinski definition) is 1. The van der Waals surface area contributed by atoms with Crippen LogP contribution in [0.15, 0.2) is 36.4 Å². The van der Waals surface area contributed by atoms with Crippen LogP contribution < -0.4 is 14.8 Å². The fourth-order valence-electron chi connectivity index (χ4n) is 2.73. The Balaban J connectivity index is 2.25. The van der Waals surface area contributed by atoms with Crippen LogP contribution in [0.1, 0.15) is 40.0 Å². The van der Waals surface area contributed by atoms with Gasteiger partial charge in [0.05, 0.1) is 25.8 Å². The van der Waals surface area contributed by atoms with Gasteiger partial charge in [0.2, 0.25) is 0 Å². The summed E-state index contributed by atoms with van der Waals surface area (Å²) in [6.45, 7) is 6.08. The molecule has 1 atom stereocenters. The average Bonchev–Trinajstić information content (AvgIpc) is 2.53. The van der Waals surface area contributed by atoms with Crippen molar-refractivity contribution < 1.29 is 14.3 Å². The van der Waals surface area contributed by atoms with Gasteiger partial charge < -0.3 is 14.8 Å². The average molecular weight is 313 g/mol. The number of rotatable bonds is 5. The molecule has 0 aromatic heterocycles. The summed E-state index contributed by atoms with van der Waals surface area (Å²) in [6.07, 6.45) is 0. The summed E-state index contributed by atoms with van der Waals surface area (Å²) >= 11 is 0. The van der Waals surface area contributed by atoms with Crippen LogP contribution in [0, 0.1) is 13.8 Å². The van der Waals surface area contributed by atoms with Gasteiger partial charge in [-0.25, -0.2) is 0 Å². The van der Waals surface area contributed by atoms with Crippen molar-refractivity contribution >= 4 is 5.91 Å². The van der Waals surface area contributed by atoms with Crippen molar-refractivity contribution in [2.24, 2.45) is 0 Å². The number of hydrogen-bond acceptors (Lipinski definition) is 3. The van der Waals surface area contributed by atoms with E-state index in [9.17, 15) is 4.79 Å². The van der Waals surface area contributed by atoms with Crippen molar-refractivity contribution in [3.05, 3.63) is 58.7 Å².